The minimum atomic E-state index is -0.304. The van der Waals surface area contributed by atoms with E-state index in [-0.39, 0.29) is 24.2 Å². The molecule has 1 N–H and O–H groups in total. The zero-order chi connectivity index (χ0) is 22.2. The van der Waals surface area contributed by atoms with Crippen LogP contribution in [-0.2, 0) is 30.7 Å². The van der Waals surface area contributed by atoms with Gasteiger partial charge in [-0.25, -0.2) is 4.39 Å². The van der Waals surface area contributed by atoms with E-state index >= 15 is 0 Å². The van der Waals surface area contributed by atoms with Gasteiger partial charge in [0.05, 0.1) is 5.69 Å². The van der Waals surface area contributed by atoms with Crippen molar-refractivity contribution in [2.24, 2.45) is 0 Å². The first-order valence-electron chi connectivity index (χ1n) is 11.0. The average molecular weight is 436 g/mol. The maximum absolute atomic E-state index is 13.0. The quantitative estimate of drug-likeness (QED) is 0.666. The lowest BCUT2D eigenvalue weighted by atomic mass is 9.93. The highest BCUT2D eigenvalue weighted by Crippen LogP contribution is 2.38. The number of fused-ring (bicyclic) bond motifs is 3. The van der Waals surface area contributed by atoms with Gasteiger partial charge in [0.25, 0.3) is 5.91 Å². The van der Waals surface area contributed by atoms with Crippen LogP contribution in [0.3, 0.4) is 0 Å². The van der Waals surface area contributed by atoms with Crippen LogP contribution in [0, 0.1) is 12.7 Å². The number of halogens is 1. The Morgan fingerprint density at radius 2 is 1.91 bits per heavy atom. The van der Waals surface area contributed by atoms with Crippen molar-refractivity contribution < 1.29 is 18.4 Å². The molecule has 1 fully saturated rings. The molecule has 0 atom stereocenters. The Hall–Kier alpha value is -3.42. The van der Waals surface area contributed by atoms with Crippen LogP contribution in [0.5, 0.6) is 0 Å². The number of carbonyl (C=O) groups is 2. The van der Waals surface area contributed by atoms with Gasteiger partial charge in [-0.3, -0.25) is 14.3 Å². The van der Waals surface area contributed by atoms with Crippen LogP contribution in [0.1, 0.15) is 45.8 Å². The third-order valence-electron chi connectivity index (χ3n) is 6.21. The van der Waals surface area contributed by atoms with E-state index in [4.69, 9.17) is 4.42 Å². The molecule has 1 aliphatic carbocycles. The predicted molar refractivity (Wildman–Crippen MR) is 115 cm³/mol. The third-order valence-corrected chi connectivity index (χ3v) is 6.21. The number of aromatic nitrogens is 2. The highest BCUT2D eigenvalue weighted by atomic mass is 19.1. The second-order valence-electron chi connectivity index (χ2n) is 8.46. The fourth-order valence-electron chi connectivity index (χ4n) is 4.52. The molecule has 0 spiro atoms. The molecule has 0 saturated carbocycles. The third kappa shape index (κ3) is 3.81. The Morgan fingerprint density at radius 1 is 1.16 bits per heavy atom. The molecule has 1 aromatic carbocycles. The van der Waals surface area contributed by atoms with Gasteiger partial charge in [0.15, 0.2) is 5.76 Å². The summed E-state index contributed by atoms with van der Waals surface area (Å²) in [6.45, 7) is 3.87. The largest absolute Gasteiger partial charge is 0.455 e. The number of hydrogen-bond acceptors (Lipinski definition) is 4. The number of nitrogens with one attached hydrogen (secondary N) is 1. The Balaban J connectivity index is 1.31. The molecule has 32 heavy (non-hydrogen) atoms. The number of likely N-dealkylation sites (tertiary alicyclic amines) is 1. The second kappa shape index (κ2) is 8.26. The molecule has 3 heterocycles. The van der Waals surface area contributed by atoms with E-state index < -0.39 is 0 Å². The number of rotatable bonds is 5. The highest BCUT2D eigenvalue weighted by molar-refractivity contribution is 5.95. The molecule has 2 aliphatic rings. The van der Waals surface area contributed by atoms with Crippen LogP contribution in [0.15, 0.2) is 34.9 Å². The zero-order valence-corrected chi connectivity index (χ0v) is 18.0. The molecule has 7 nitrogen and oxygen atoms in total. The summed E-state index contributed by atoms with van der Waals surface area (Å²) in [4.78, 5) is 27.1. The van der Waals surface area contributed by atoms with E-state index in [0.29, 0.717) is 18.7 Å². The topological polar surface area (TPSA) is 80.4 Å². The summed E-state index contributed by atoms with van der Waals surface area (Å²) in [7, 11) is 0. The lowest BCUT2D eigenvalue weighted by Crippen LogP contribution is -2.27. The molecule has 0 unspecified atom stereocenters. The summed E-state index contributed by atoms with van der Waals surface area (Å²) >= 11 is 0. The van der Waals surface area contributed by atoms with Crippen LogP contribution < -0.4 is 5.32 Å². The second-order valence-corrected chi connectivity index (χ2v) is 8.46. The SMILES string of the molecule is Cc1c(C(=O)N2CCCC2)oc2c1-c1nn(CC(=O)NCc3ccc(F)cc3)cc1CC2. The summed E-state index contributed by atoms with van der Waals surface area (Å²) in [6, 6.07) is 6.03. The van der Waals surface area contributed by atoms with Crippen molar-refractivity contribution in [1.82, 2.24) is 20.0 Å². The van der Waals surface area contributed by atoms with Gasteiger partial charge in [-0.2, -0.15) is 5.10 Å². The summed E-state index contributed by atoms with van der Waals surface area (Å²) in [6.07, 6.45) is 5.42. The van der Waals surface area contributed by atoms with Crippen molar-refractivity contribution in [2.75, 3.05) is 13.1 Å². The summed E-state index contributed by atoms with van der Waals surface area (Å²) in [5.41, 5.74) is 4.38. The lowest BCUT2D eigenvalue weighted by Gasteiger charge is -2.13. The van der Waals surface area contributed by atoms with Crippen molar-refractivity contribution in [1.29, 1.82) is 0 Å². The van der Waals surface area contributed by atoms with Crippen molar-refractivity contribution in [3.63, 3.8) is 0 Å². The van der Waals surface area contributed by atoms with Crippen molar-refractivity contribution in [2.45, 2.75) is 45.7 Å². The molecule has 1 aliphatic heterocycles. The Kier molecular flexibility index (Phi) is 5.28. The van der Waals surface area contributed by atoms with Gasteiger partial charge >= 0.3 is 0 Å². The molecule has 0 bridgehead atoms. The molecule has 1 saturated heterocycles. The first-order valence-corrected chi connectivity index (χ1v) is 11.0. The molecule has 5 rings (SSSR count). The Bertz CT molecular complexity index is 1170. The molecular weight excluding hydrogens is 411 g/mol. The van der Waals surface area contributed by atoms with Gasteiger partial charge in [-0.05, 0) is 49.4 Å². The molecule has 3 aromatic rings. The molecule has 0 radical (unpaired) electrons. The maximum atomic E-state index is 13.0. The number of aryl methyl sites for hydroxylation is 2. The number of furan rings is 1. The van der Waals surface area contributed by atoms with Crippen LogP contribution in [0.25, 0.3) is 11.3 Å². The average Bonchev–Trinajstić information content (AvgIpc) is 3.51. The fourth-order valence-corrected chi connectivity index (χ4v) is 4.52. The number of benzene rings is 1. The Labute approximate surface area is 185 Å². The lowest BCUT2D eigenvalue weighted by molar-refractivity contribution is -0.122. The number of hydrogen-bond donors (Lipinski definition) is 1. The molecule has 166 valence electrons. The monoisotopic (exact) mass is 436 g/mol. The number of amides is 2. The number of nitrogens with zero attached hydrogens (tertiary/aromatic N) is 3. The van der Waals surface area contributed by atoms with Gasteiger partial charge in [0, 0.05) is 43.4 Å². The van der Waals surface area contributed by atoms with Crippen LogP contribution in [-0.4, -0.2) is 39.6 Å². The minimum absolute atomic E-state index is 0.0458. The van der Waals surface area contributed by atoms with E-state index in [2.05, 4.69) is 10.4 Å². The highest BCUT2D eigenvalue weighted by Gasteiger charge is 2.32. The van der Waals surface area contributed by atoms with Gasteiger partial charge in [0.2, 0.25) is 5.91 Å². The van der Waals surface area contributed by atoms with E-state index in [1.165, 1.54) is 12.1 Å². The van der Waals surface area contributed by atoms with E-state index in [0.717, 1.165) is 66.1 Å². The predicted octanol–water partition coefficient (Wildman–Crippen LogP) is 3.24. The van der Waals surface area contributed by atoms with Crippen LogP contribution >= 0.6 is 0 Å². The fraction of sp³-hybridized carbons (Fsp3) is 0.375. The van der Waals surface area contributed by atoms with E-state index in [1.807, 2.05) is 18.0 Å². The smallest absolute Gasteiger partial charge is 0.289 e. The molecule has 8 heteroatoms. The molecule has 2 amide bonds. The van der Waals surface area contributed by atoms with E-state index in [9.17, 15) is 14.0 Å². The van der Waals surface area contributed by atoms with Gasteiger partial charge in [0.1, 0.15) is 18.1 Å². The number of carbonyl (C=O) groups excluding carboxylic acids is 2. The summed E-state index contributed by atoms with van der Waals surface area (Å²) < 4.78 is 20.7. The van der Waals surface area contributed by atoms with Crippen LogP contribution in [0.4, 0.5) is 4.39 Å². The van der Waals surface area contributed by atoms with Gasteiger partial charge in [-0.15, -0.1) is 0 Å². The zero-order valence-electron chi connectivity index (χ0n) is 18.0. The van der Waals surface area contributed by atoms with Crippen molar-refractivity contribution >= 4 is 11.8 Å². The van der Waals surface area contributed by atoms with Gasteiger partial charge in [-0.1, -0.05) is 12.1 Å². The normalized spacial score (nSPS) is 14.9. The van der Waals surface area contributed by atoms with Crippen LogP contribution in [0.2, 0.25) is 0 Å². The summed E-state index contributed by atoms with van der Waals surface area (Å²) in [5, 5.41) is 7.49. The standard InChI is InChI=1S/C24H25FN4O3/c1-15-21-19(32-23(15)24(31)28-10-2-3-11-28)9-6-17-13-29(27-22(17)21)14-20(30)26-12-16-4-7-18(25)8-5-16/h4-5,7-8,13H,2-3,6,9-12,14H2,1H3,(H,26,30). The Morgan fingerprint density at radius 3 is 2.66 bits per heavy atom. The van der Waals surface area contributed by atoms with Crippen molar-refractivity contribution in [3.05, 3.63) is 64.5 Å². The first kappa shape index (κ1) is 20.5. The summed E-state index contributed by atoms with van der Waals surface area (Å²) in [5.74, 6) is 0.681. The van der Waals surface area contributed by atoms with E-state index in [1.54, 1.807) is 16.8 Å². The van der Waals surface area contributed by atoms with Gasteiger partial charge < -0.3 is 14.6 Å². The minimum Gasteiger partial charge on any atom is -0.455 e. The molecule has 2 aromatic heterocycles. The molecular formula is C24H25FN4O3. The first-order chi connectivity index (χ1) is 15.5. The van der Waals surface area contributed by atoms with Crippen molar-refractivity contribution in [3.8, 4) is 11.3 Å². The maximum Gasteiger partial charge on any atom is 0.289 e.